The number of ether oxygens (including phenoxy) is 1. The SMILES string of the molecule is O=C(OCc1csc2ccccc12)N1CC[C@@H](O)C1. The molecule has 1 saturated heterocycles. The van der Waals surface area contributed by atoms with Crippen molar-refractivity contribution >= 4 is 27.5 Å². The molecule has 1 N–H and O–H groups in total. The molecule has 0 bridgehead atoms. The van der Waals surface area contributed by atoms with Gasteiger partial charge in [-0.3, -0.25) is 0 Å². The number of amides is 1. The van der Waals surface area contributed by atoms with Gasteiger partial charge in [-0.2, -0.15) is 0 Å². The highest BCUT2D eigenvalue weighted by Gasteiger charge is 2.25. The van der Waals surface area contributed by atoms with Crippen LogP contribution in [0.2, 0.25) is 0 Å². The molecule has 1 aliphatic rings. The lowest BCUT2D eigenvalue weighted by Gasteiger charge is -2.15. The van der Waals surface area contributed by atoms with Crippen molar-refractivity contribution in [2.75, 3.05) is 13.1 Å². The second-order valence-electron chi connectivity index (χ2n) is 4.70. The number of likely N-dealkylation sites (tertiary alicyclic amines) is 1. The van der Waals surface area contributed by atoms with E-state index in [2.05, 4.69) is 6.07 Å². The third-order valence-electron chi connectivity index (χ3n) is 3.33. The maximum Gasteiger partial charge on any atom is 0.410 e. The molecular formula is C14H15NO3S. The molecule has 100 valence electrons. The summed E-state index contributed by atoms with van der Waals surface area (Å²) in [5, 5.41) is 12.6. The zero-order valence-electron chi connectivity index (χ0n) is 10.4. The number of hydrogen-bond acceptors (Lipinski definition) is 4. The molecule has 0 unspecified atom stereocenters. The number of benzene rings is 1. The van der Waals surface area contributed by atoms with Gasteiger partial charge in [-0.15, -0.1) is 11.3 Å². The van der Waals surface area contributed by atoms with Gasteiger partial charge in [0.1, 0.15) is 6.61 Å². The minimum Gasteiger partial charge on any atom is -0.444 e. The molecule has 1 fully saturated rings. The molecule has 1 atom stereocenters. The molecule has 1 amide bonds. The summed E-state index contributed by atoms with van der Waals surface area (Å²) in [5.74, 6) is 0. The predicted molar refractivity (Wildman–Crippen MR) is 74.2 cm³/mol. The molecule has 0 saturated carbocycles. The van der Waals surface area contributed by atoms with E-state index in [1.54, 1.807) is 16.2 Å². The van der Waals surface area contributed by atoms with Crippen molar-refractivity contribution < 1.29 is 14.6 Å². The molecule has 1 aromatic carbocycles. The summed E-state index contributed by atoms with van der Waals surface area (Å²) < 4.78 is 6.51. The van der Waals surface area contributed by atoms with Gasteiger partial charge in [-0.25, -0.2) is 4.79 Å². The molecule has 3 rings (SSSR count). The molecule has 1 aliphatic heterocycles. The number of thiophene rings is 1. The molecule has 19 heavy (non-hydrogen) atoms. The Morgan fingerprint density at radius 3 is 3.11 bits per heavy atom. The Hall–Kier alpha value is -1.59. The van der Waals surface area contributed by atoms with Crippen molar-refractivity contribution in [1.82, 2.24) is 4.90 Å². The quantitative estimate of drug-likeness (QED) is 0.918. The molecule has 0 radical (unpaired) electrons. The van der Waals surface area contributed by atoms with Crippen LogP contribution in [0.15, 0.2) is 29.6 Å². The zero-order chi connectivity index (χ0) is 13.2. The lowest BCUT2D eigenvalue weighted by atomic mass is 10.2. The summed E-state index contributed by atoms with van der Waals surface area (Å²) in [6.07, 6.45) is -0.113. The van der Waals surface area contributed by atoms with E-state index < -0.39 is 6.10 Å². The minimum atomic E-state index is -0.408. The lowest BCUT2D eigenvalue weighted by molar-refractivity contribution is 0.0976. The molecule has 0 spiro atoms. The number of fused-ring (bicyclic) bond motifs is 1. The van der Waals surface area contributed by atoms with Crippen LogP contribution in [-0.2, 0) is 11.3 Å². The van der Waals surface area contributed by atoms with Gasteiger partial charge in [0.05, 0.1) is 6.10 Å². The van der Waals surface area contributed by atoms with Gasteiger partial charge in [0.25, 0.3) is 0 Å². The molecule has 1 aromatic heterocycles. The van der Waals surface area contributed by atoms with E-state index in [4.69, 9.17) is 4.74 Å². The van der Waals surface area contributed by atoms with E-state index >= 15 is 0 Å². The first-order valence-electron chi connectivity index (χ1n) is 6.29. The van der Waals surface area contributed by atoms with Gasteiger partial charge >= 0.3 is 6.09 Å². The van der Waals surface area contributed by atoms with Crippen LogP contribution in [0.5, 0.6) is 0 Å². The summed E-state index contributed by atoms with van der Waals surface area (Å²) in [6, 6.07) is 8.08. The average Bonchev–Trinajstić information content (AvgIpc) is 3.02. The van der Waals surface area contributed by atoms with Crippen LogP contribution < -0.4 is 0 Å². The smallest absolute Gasteiger partial charge is 0.410 e. The van der Waals surface area contributed by atoms with E-state index in [0.717, 1.165) is 10.9 Å². The summed E-state index contributed by atoms with van der Waals surface area (Å²) in [7, 11) is 0. The largest absolute Gasteiger partial charge is 0.444 e. The van der Waals surface area contributed by atoms with Crippen molar-refractivity contribution in [3.8, 4) is 0 Å². The first-order chi connectivity index (χ1) is 9.24. The topological polar surface area (TPSA) is 49.8 Å². The first-order valence-corrected chi connectivity index (χ1v) is 7.17. The van der Waals surface area contributed by atoms with E-state index in [-0.39, 0.29) is 12.7 Å². The van der Waals surface area contributed by atoms with Crippen LogP contribution >= 0.6 is 11.3 Å². The van der Waals surface area contributed by atoms with Crippen LogP contribution in [-0.4, -0.2) is 35.3 Å². The maximum absolute atomic E-state index is 11.8. The second kappa shape index (κ2) is 5.19. The Morgan fingerprint density at radius 1 is 1.47 bits per heavy atom. The van der Waals surface area contributed by atoms with E-state index in [1.165, 1.54) is 4.70 Å². The van der Waals surface area contributed by atoms with Gasteiger partial charge in [-0.1, -0.05) is 18.2 Å². The lowest BCUT2D eigenvalue weighted by Crippen LogP contribution is -2.30. The Morgan fingerprint density at radius 2 is 2.32 bits per heavy atom. The highest BCUT2D eigenvalue weighted by atomic mass is 32.1. The highest BCUT2D eigenvalue weighted by Crippen LogP contribution is 2.26. The highest BCUT2D eigenvalue weighted by molar-refractivity contribution is 7.17. The van der Waals surface area contributed by atoms with Gasteiger partial charge in [0, 0.05) is 23.4 Å². The van der Waals surface area contributed by atoms with Gasteiger partial charge in [0.15, 0.2) is 0 Å². The normalized spacial score (nSPS) is 19.0. The molecule has 0 aliphatic carbocycles. The molecule has 5 heteroatoms. The summed E-state index contributed by atoms with van der Waals surface area (Å²) in [5.41, 5.74) is 1.04. The molecule has 2 heterocycles. The number of rotatable bonds is 2. The van der Waals surface area contributed by atoms with Gasteiger partial charge in [0.2, 0.25) is 0 Å². The standard InChI is InChI=1S/C14H15NO3S/c16-11-5-6-15(7-11)14(17)18-8-10-9-19-13-4-2-1-3-12(10)13/h1-4,9,11,16H,5-8H2/t11-/m1/s1. The first kappa shape index (κ1) is 12.4. The number of β-amino-alcohol motifs (C(OH)–C–C–N with tert-alkyl or cyclic N) is 1. The van der Waals surface area contributed by atoms with Crippen LogP contribution in [0, 0.1) is 0 Å². The van der Waals surface area contributed by atoms with Gasteiger partial charge < -0.3 is 14.7 Å². The van der Waals surface area contributed by atoms with Crippen molar-refractivity contribution in [3.63, 3.8) is 0 Å². The van der Waals surface area contributed by atoms with Crippen molar-refractivity contribution in [1.29, 1.82) is 0 Å². The number of nitrogens with zero attached hydrogens (tertiary/aromatic N) is 1. The predicted octanol–water partition coefficient (Wildman–Crippen LogP) is 2.60. The van der Waals surface area contributed by atoms with E-state index in [0.29, 0.717) is 19.5 Å². The number of carbonyl (C=O) groups is 1. The van der Waals surface area contributed by atoms with Crippen LogP contribution in [0.4, 0.5) is 4.79 Å². The maximum atomic E-state index is 11.8. The summed E-state index contributed by atoms with van der Waals surface area (Å²) in [6.45, 7) is 1.24. The van der Waals surface area contributed by atoms with Crippen molar-refractivity contribution in [3.05, 3.63) is 35.2 Å². The summed E-state index contributed by atoms with van der Waals surface area (Å²) in [4.78, 5) is 13.4. The fourth-order valence-corrected chi connectivity index (χ4v) is 3.23. The number of hydrogen-bond donors (Lipinski definition) is 1. The Bertz CT molecular complexity index is 595. The fourth-order valence-electron chi connectivity index (χ4n) is 2.28. The Balaban J connectivity index is 1.64. The van der Waals surface area contributed by atoms with Crippen LogP contribution in [0.3, 0.4) is 0 Å². The van der Waals surface area contributed by atoms with Crippen LogP contribution in [0.25, 0.3) is 10.1 Å². The summed E-state index contributed by atoms with van der Waals surface area (Å²) >= 11 is 1.65. The van der Waals surface area contributed by atoms with Crippen molar-refractivity contribution in [2.24, 2.45) is 0 Å². The monoisotopic (exact) mass is 277 g/mol. The van der Waals surface area contributed by atoms with E-state index in [9.17, 15) is 9.90 Å². The van der Waals surface area contributed by atoms with Gasteiger partial charge in [-0.05, 0) is 23.3 Å². The van der Waals surface area contributed by atoms with E-state index in [1.807, 2.05) is 23.6 Å². The Labute approximate surface area is 115 Å². The average molecular weight is 277 g/mol. The third-order valence-corrected chi connectivity index (χ3v) is 4.35. The zero-order valence-corrected chi connectivity index (χ0v) is 11.2. The Kier molecular flexibility index (Phi) is 3.40. The molecule has 4 nitrogen and oxygen atoms in total. The molecular weight excluding hydrogens is 262 g/mol. The van der Waals surface area contributed by atoms with Crippen LogP contribution in [0.1, 0.15) is 12.0 Å². The van der Waals surface area contributed by atoms with Crippen molar-refractivity contribution in [2.45, 2.75) is 19.1 Å². The third kappa shape index (κ3) is 2.57. The molecule has 2 aromatic rings. The second-order valence-corrected chi connectivity index (χ2v) is 5.61. The number of aliphatic hydroxyl groups excluding tert-OH is 1. The number of carbonyl (C=O) groups excluding carboxylic acids is 1. The minimum absolute atomic E-state index is 0.287. The fraction of sp³-hybridized carbons (Fsp3) is 0.357. The number of aliphatic hydroxyl groups is 1.